The predicted molar refractivity (Wildman–Crippen MR) is 97.0 cm³/mol. The third-order valence-electron chi connectivity index (χ3n) is 4.44. The molecule has 1 aliphatic rings. The van der Waals surface area contributed by atoms with Gasteiger partial charge in [-0.2, -0.15) is 13.2 Å². The van der Waals surface area contributed by atoms with Gasteiger partial charge in [0.05, 0.1) is 18.8 Å². The van der Waals surface area contributed by atoms with Crippen molar-refractivity contribution in [2.24, 2.45) is 0 Å². The molecule has 2 aromatic carbocycles. The number of halogens is 3. The smallest absolute Gasteiger partial charge is 0.284 e. The molecule has 0 radical (unpaired) electrons. The molecule has 1 heterocycles. The Morgan fingerprint density at radius 3 is 2.00 bits per heavy atom. The number of carbonyl (C=O) groups excluding carboxylic acids is 3. The van der Waals surface area contributed by atoms with E-state index in [4.69, 9.17) is 0 Å². The van der Waals surface area contributed by atoms with Crippen molar-refractivity contribution in [3.05, 3.63) is 71.3 Å². The highest BCUT2D eigenvalue weighted by Crippen LogP contribution is 2.29. The first kappa shape index (κ1) is 20.5. The lowest BCUT2D eigenvalue weighted by atomic mass is 10.1. The number of rotatable bonds is 6. The fourth-order valence-corrected chi connectivity index (χ4v) is 2.98. The van der Waals surface area contributed by atoms with Crippen molar-refractivity contribution in [2.45, 2.75) is 19.3 Å². The van der Waals surface area contributed by atoms with Gasteiger partial charge >= 0.3 is 24.0 Å². The Labute approximate surface area is 165 Å². The molecule has 0 unspecified atom stereocenters. The van der Waals surface area contributed by atoms with Crippen molar-refractivity contribution < 1.29 is 27.6 Å². The van der Waals surface area contributed by atoms with Crippen LogP contribution in [0.15, 0.2) is 54.6 Å². The van der Waals surface area contributed by atoms with Crippen LogP contribution in [0.1, 0.15) is 16.7 Å². The third kappa shape index (κ3) is 4.62. The summed E-state index contributed by atoms with van der Waals surface area (Å²) in [7, 11) is 1.60. The van der Waals surface area contributed by atoms with Gasteiger partial charge in [0.2, 0.25) is 0 Å². The molecule has 6 nitrogen and oxygen atoms in total. The second-order valence-corrected chi connectivity index (χ2v) is 6.74. The van der Waals surface area contributed by atoms with Crippen LogP contribution in [0, 0.1) is 0 Å². The van der Waals surface area contributed by atoms with Gasteiger partial charge in [-0.15, -0.1) is 0 Å². The summed E-state index contributed by atoms with van der Waals surface area (Å²) in [5.41, 5.74) is 0.532. The van der Waals surface area contributed by atoms with E-state index in [0.29, 0.717) is 11.1 Å². The van der Waals surface area contributed by atoms with Crippen LogP contribution in [0.25, 0.3) is 0 Å². The van der Waals surface area contributed by atoms with Gasteiger partial charge in [0, 0.05) is 6.54 Å². The van der Waals surface area contributed by atoms with Gasteiger partial charge < -0.3 is 0 Å². The number of carbonyl (C=O) groups is 3. The van der Waals surface area contributed by atoms with Crippen LogP contribution in [0.3, 0.4) is 0 Å². The molecule has 0 spiro atoms. The molecule has 1 fully saturated rings. The zero-order valence-electron chi connectivity index (χ0n) is 15.5. The second-order valence-electron chi connectivity index (χ2n) is 6.74. The monoisotopic (exact) mass is 405 g/mol. The molecule has 0 saturated carbocycles. The number of hydrogen-bond donors (Lipinski definition) is 0. The zero-order valence-corrected chi connectivity index (χ0v) is 15.5. The molecule has 0 aromatic heterocycles. The first-order valence-corrected chi connectivity index (χ1v) is 8.73. The molecule has 2 aromatic rings. The number of urea groups is 1. The Morgan fingerprint density at radius 1 is 0.828 bits per heavy atom. The summed E-state index contributed by atoms with van der Waals surface area (Å²) in [6.07, 6.45) is -4.42. The van der Waals surface area contributed by atoms with E-state index in [2.05, 4.69) is 0 Å². The van der Waals surface area contributed by atoms with Crippen molar-refractivity contribution in [3.63, 3.8) is 0 Å². The minimum atomic E-state index is -4.42. The summed E-state index contributed by atoms with van der Waals surface area (Å²) in [5, 5.41) is 0. The Balaban J connectivity index is 1.64. The fourth-order valence-electron chi connectivity index (χ4n) is 2.98. The average Bonchev–Trinajstić information content (AvgIpc) is 2.87. The van der Waals surface area contributed by atoms with E-state index in [1.807, 2.05) is 0 Å². The summed E-state index contributed by atoms with van der Waals surface area (Å²) in [5.74, 6) is -1.83. The van der Waals surface area contributed by atoms with Crippen LogP contribution >= 0.6 is 0 Å². The zero-order chi connectivity index (χ0) is 21.2. The Kier molecular flexibility index (Phi) is 5.69. The van der Waals surface area contributed by atoms with Crippen LogP contribution in [-0.2, 0) is 28.9 Å². The predicted octanol–water partition coefficient (Wildman–Crippen LogP) is 3.09. The molecule has 0 atom stereocenters. The van der Waals surface area contributed by atoms with E-state index in [0.717, 1.165) is 21.9 Å². The van der Waals surface area contributed by atoms with Crippen molar-refractivity contribution >= 4 is 17.8 Å². The van der Waals surface area contributed by atoms with E-state index < -0.39 is 29.6 Å². The minimum absolute atomic E-state index is 0.0106. The second kappa shape index (κ2) is 8.04. The van der Waals surface area contributed by atoms with Crippen LogP contribution in [0.4, 0.5) is 18.0 Å². The maximum atomic E-state index is 12.6. The Hall–Kier alpha value is -3.20. The molecule has 4 amide bonds. The van der Waals surface area contributed by atoms with E-state index in [-0.39, 0.29) is 19.8 Å². The van der Waals surface area contributed by atoms with Gasteiger partial charge in [-0.05, 0) is 30.3 Å². The lowest BCUT2D eigenvalue weighted by molar-refractivity contribution is -0.144. The molecular weight excluding hydrogens is 387 g/mol. The molecule has 0 N–H and O–H groups in total. The SMILES string of the molecule is CN(Cc1ccc(C(F)(F)F)cc1)CN1C(=O)C(=O)N(Cc2ccccc2)C1=O. The van der Waals surface area contributed by atoms with E-state index in [9.17, 15) is 27.6 Å². The van der Waals surface area contributed by atoms with E-state index >= 15 is 0 Å². The maximum absolute atomic E-state index is 12.6. The van der Waals surface area contributed by atoms with E-state index in [1.54, 1.807) is 42.3 Å². The average molecular weight is 405 g/mol. The van der Waals surface area contributed by atoms with Crippen LogP contribution in [-0.4, -0.2) is 46.3 Å². The van der Waals surface area contributed by atoms with Gasteiger partial charge in [0.1, 0.15) is 0 Å². The van der Waals surface area contributed by atoms with E-state index in [1.165, 1.54) is 12.1 Å². The summed E-state index contributed by atoms with van der Waals surface area (Å²) >= 11 is 0. The lowest BCUT2D eigenvalue weighted by Crippen LogP contribution is -2.40. The number of imide groups is 2. The van der Waals surface area contributed by atoms with Gasteiger partial charge in [-0.25, -0.2) is 9.69 Å². The first-order chi connectivity index (χ1) is 13.7. The fraction of sp³-hybridized carbons (Fsp3) is 0.250. The first-order valence-electron chi connectivity index (χ1n) is 8.73. The largest absolute Gasteiger partial charge is 0.416 e. The summed E-state index contributed by atoms with van der Waals surface area (Å²) < 4.78 is 37.9. The molecule has 3 rings (SSSR count). The molecular formula is C20H18F3N3O3. The summed E-state index contributed by atoms with van der Waals surface area (Å²) in [6.45, 7) is 0.0289. The van der Waals surface area contributed by atoms with Crippen LogP contribution < -0.4 is 0 Å². The van der Waals surface area contributed by atoms with Crippen molar-refractivity contribution in [2.75, 3.05) is 13.7 Å². The van der Waals surface area contributed by atoms with Gasteiger partial charge in [-0.1, -0.05) is 42.5 Å². The highest BCUT2D eigenvalue weighted by atomic mass is 19.4. The van der Waals surface area contributed by atoms with Crippen molar-refractivity contribution in [1.82, 2.24) is 14.7 Å². The number of benzene rings is 2. The minimum Gasteiger partial charge on any atom is -0.284 e. The van der Waals surface area contributed by atoms with Gasteiger partial charge in [0.25, 0.3) is 0 Å². The standard InChI is InChI=1S/C20H18F3N3O3/c1-24(11-15-7-9-16(10-8-15)20(21,22)23)13-26-18(28)17(27)25(19(26)29)12-14-5-3-2-4-6-14/h2-10H,11-13H2,1H3. The maximum Gasteiger partial charge on any atom is 0.416 e. The third-order valence-corrected chi connectivity index (χ3v) is 4.44. The molecule has 1 saturated heterocycles. The highest BCUT2D eigenvalue weighted by molar-refractivity contribution is 6.44. The molecule has 1 aliphatic heterocycles. The van der Waals surface area contributed by atoms with Gasteiger partial charge in [0.15, 0.2) is 0 Å². The van der Waals surface area contributed by atoms with Crippen molar-refractivity contribution in [1.29, 1.82) is 0 Å². The Morgan fingerprint density at radius 2 is 1.41 bits per heavy atom. The number of nitrogens with zero attached hydrogens (tertiary/aromatic N) is 3. The quantitative estimate of drug-likeness (QED) is 0.548. The normalized spacial score (nSPS) is 15.0. The van der Waals surface area contributed by atoms with Crippen LogP contribution in [0.5, 0.6) is 0 Å². The number of hydrogen-bond acceptors (Lipinski definition) is 4. The summed E-state index contributed by atoms with van der Waals surface area (Å²) in [6, 6.07) is 12.7. The molecule has 152 valence electrons. The number of amides is 4. The number of alkyl halides is 3. The summed E-state index contributed by atoms with van der Waals surface area (Å²) in [4.78, 5) is 40.2. The topological polar surface area (TPSA) is 60.9 Å². The van der Waals surface area contributed by atoms with Crippen molar-refractivity contribution in [3.8, 4) is 0 Å². The lowest BCUT2D eigenvalue weighted by Gasteiger charge is -2.22. The molecule has 0 aliphatic carbocycles. The van der Waals surface area contributed by atoms with Gasteiger partial charge in [-0.3, -0.25) is 19.4 Å². The molecule has 9 heteroatoms. The molecule has 29 heavy (non-hydrogen) atoms. The highest BCUT2D eigenvalue weighted by Gasteiger charge is 2.44. The van der Waals surface area contributed by atoms with Crippen LogP contribution in [0.2, 0.25) is 0 Å². The molecule has 0 bridgehead atoms. The Bertz CT molecular complexity index is 914.